The topological polar surface area (TPSA) is 31.5 Å². The summed E-state index contributed by atoms with van der Waals surface area (Å²) in [5, 5.41) is 0. The van der Waals surface area contributed by atoms with Crippen molar-refractivity contribution in [2.24, 2.45) is 0 Å². The molecule has 0 amide bonds. The smallest absolute Gasteiger partial charge is 0 e. The van der Waals surface area contributed by atoms with E-state index in [4.69, 9.17) is 0 Å². The zero-order valence-corrected chi connectivity index (χ0v) is 4.87. The maximum Gasteiger partial charge on any atom is 0 e. The Morgan fingerprint density at radius 1 is 0.500 bits per heavy atom. The predicted molar refractivity (Wildman–Crippen MR) is 3.61 cm³/mol. The van der Waals surface area contributed by atoms with Gasteiger partial charge < -0.3 is 5.48 Å². The number of rotatable bonds is 0. The van der Waals surface area contributed by atoms with Gasteiger partial charge in [-0.15, -0.1) is 0 Å². The van der Waals surface area contributed by atoms with Gasteiger partial charge in [0.1, 0.15) is 0 Å². The third kappa shape index (κ3) is 9.68. The van der Waals surface area contributed by atoms with Crippen LogP contribution in [-0.4, -0.2) is 5.48 Å². The van der Waals surface area contributed by atoms with Crippen molar-refractivity contribution in [2.75, 3.05) is 0 Å². The normalized spacial score (nSPS) is 0. The Balaban J connectivity index is 0. The largest absolute Gasteiger partial charge is 0.412 e. The van der Waals surface area contributed by atoms with Gasteiger partial charge in [-0.1, -0.05) is 0 Å². The van der Waals surface area contributed by atoms with Gasteiger partial charge in [0.05, 0.1) is 0 Å². The van der Waals surface area contributed by atoms with Crippen LogP contribution in [0.4, 0.5) is 0 Å². The van der Waals surface area contributed by atoms with Crippen molar-refractivity contribution in [3.8, 4) is 0 Å². The molecule has 32 valence electrons. The van der Waals surface area contributed by atoms with Gasteiger partial charge in [0.15, 0.2) is 0 Å². The molecule has 0 fully saturated rings. The van der Waals surface area contributed by atoms with Crippen LogP contribution in [0.15, 0.2) is 0 Å². The van der Waals surface area contributed by atoms with Crippen molar-refractivity contribution in [3.63, 3.8) is 0 Å². The van der Waals surface area contributed by atoms with Crippen molar-refractivity contribution < 1.29 is 56.7 Å². The Morgan fingerprint density at radius 2 is 0.500 bits per heavy atom. The summed E-state index contributed by atoms with van der Waals surface area (Å²) in [5.74, 6) is 0. The summed E-state index contributed by atoms with van der Waals surface area (Å²) < 4.78 is 0. The summed E-state index contributed by atoms with van der Waals surface area (Å²) in [7, 11) is 0. The minimum atomic E-state index is 0. The molecule has 0 saturated carbocycles. The summed E-state index contributed by atoms with van der Waals surface area (Å²) in [4.78, 5) is 0. The predicted octanol–water partition coefficient (Wildman–Crippen LogP) is -0.832. The van der Waals surface area contributed by atoms with Gasteiger partial charge in [-0.25, -0.2) is 0 Å². The maximum atomic E-state index is 0. The molecule has 0 radical (unpaired) electrons. The Hall–Kier alpha value is 1.52. The molecule has 0 rings (SSSR count). The van der Waals surface area contributed by atoms with Crippen LogP contribution in [-0.2, 0) is 51.2 Å². The molecule has 0 aliphatic carbocycles. The van der Waals surface area contributed by atoms with E-state index in [0.717, 1.165) is 0 Å². The summed E-state index contributed by atoms with van der Waals surface area (Å²) in [5.41, 5.74) is 0. The molecule has 0 bridgehead atoms. The van der Waals surface area contributed by atoms with E-state index < -0.39 is 0 Å². The van der Waals surface area contributed by atoms with Gasteiger partial charge in [0.25, 0.3) is 0 Å². The van der Waals surface area contributed by atoms with Gasteiger partial charge >= 0.3 is 0 Å². The SMILES string of the molecule is O.[Fe].[Fe].[Fe]. The molecule has 0 heterocycles. The molecule has 0 saturated heterocycles. The standard InChI is InChI=1S/3Fe.H2O/h;;;1H2. The van der Waals surface area contributed by atoms with E-state index >= 15 is 0 Å². The van der Waals surface area contributed by atoms with Gasteiger partial charge in [0, 0.05) is 51.2 Å². The molecule has 1 nitrogen and oxygen atoms in total. The summed E-state index contributed by atoms with van der Waals surface area (Å²) in [6.07, 6.45) is 0. The molecular formula is H2Fe3O. The van der Waals surface area contributed by atoms with E-state index in [2.05, 4.69) is 0 Å². The molecule has 0 aliphatic heterocycles. The average Bonchev–Trinajstić information content (AvgIpc) is 0. The van der Waals surface area contributed by atoms with E-state index in [0.29, 0.717) is 0 Å². The first-order valence-corrected chi connectivity index (χ1v) is 0. The van der Waals surface area contributed by atoms with Crippen molar-refractivity contribution >= 4 is 0 Å². The summed E-state index contributed by atoms with van der Waals surface area (Å²) in [6.45, 7) is 0. The zero-order chi connectivity index (χ0) is 0. The third-order valence-corrected chi connectivity index (χ3v) is 0. The van der Waals surface area contributed by atoms with E-state index in [9.17, 15) is 0 Å². The van der Waals surface area contributed by atoms with Crippen LogP contribution in [0.2, 0.25) is 0 Å². The Labute approximate surface area is 56.6 Å². The summed E-state index contributed by atoms with van der Waals surface area (Å²) in [6, 6.07) is 0. The first-order valence-electron chi connectivity index (χ1n) is 0. The minimum absolute atomic E-state index is 0. The van der Waals surface area contributed by atoms with Gasteiger partial charge in [-0.3, -0.25) is 0 Å². The second kappa shape index (κ2) is 24.3. The average molecular weight is 186 g/mol. The molecule has 0 aromatic rings. The van der Waals surface area contributed by atoms with E-state index in [1.54, 1.807) is 0 Å². The second-order valence-corrected chi connectivity index (χ2v) is 0. The van der Waals surface area contributed by atoms with Crippen LogP contribution in [0.3, 0.4) is 0 Å². The van der Waals surface area contributed by atoms with Crippen molar-refractivity contribution in [3.05, 3.63) is 0 Å². The fraction of sp³-hybridized carbons (Fsp3) is 0. The second-order valence-electron chi connectivity index (χ2n) is 0. The first-order chi connectivity index (χ1) is 0. The third-order valence-electron chi connectivity index (χ3n) is 0. The van der Waals surface area contributed by atoms with Crippen molar-refractivity contribution in [1.82, 2.24) is 0 Å². The number of hydrogen-bond acceptors (Lipinski definition) is 0. The molecule has 0 unspecified atom stereocenters. The van der Waals surface area contributed by atoms with Crippen LogP contribution in [0.25, 0.3) is 0 Å². The van der Waals surface area contributed by atoms with Gasteiger partial charge in [-0.05, 0) is 0 Å². The van der Waals surface area contributed by atoms with Crippen molar-refractivity contribution in [1.29, 1.82) is 0 Å². The molecule has 0 aromatic heterocycles. The van der Waals surface area contributed by atoms with Crippen LogP contribution in [0, 0.1) is 0 Å². The van der Waals surface area contributed by atoms with E-state index in [1.807, 2.05) is 0 Å². The maximum absolute atomic E-state index is 0. The molecule has 0 atom stereocenters. The Morgan fingerprint density at radius 3 is 0.500 bits per heavy atom. The molecule has 2 N–H and O–H groups in total. The quantitative estimate of drug-likeness (QED) is 0.441. The Bertz CT molecular complexity index is 3.25. The van der Waals surface area contributed by atoms with E-state index in [-0.39, 0.29) is 56.7 Å². The fourth-order valence-electron chi connectivity index (χ4n) is 0. The van der Waals surface area contributed by atoms with Crippen LogP contribution in [0.5, 0.6) is 0 Å². The van der Waals surface area contributed by atoms with Crippen molar-refractivity contribution in [2.45, 2.75) is 0 Å². The molecule has 0 spiro atoms. The number of hydrogen-bond donors (Lipinski definition) is 0. The molecule has 0 aromatic carbocycles. The monoisotopic (exact) mass is 186 g/mol. The molecule has 0 aliphatic rings. The summed E-state index contributed by atoms with van der Waals surface area (Å²) >= 11 is 0. The first kappa shape index (κ1) is 48.9. The molecule has 4 heteroatoms. The van der Waals surface area contributed by atoms with Crippen LogP contribution >= 0.6 is 0 Å². The minimum Gasteiger partial charge on any atom is -0.412 e. The van der Waals surface area contributed by atoms with Gasteiger partial charge in [0.2, 0.25) is 0 Å². The fourth-order valence-corrected chi connectivity index (χ4v) is 0. The van der Waals surface area contributed by atoms with Crippen LogP contribution in [0.1, 0.15) is 0 Å². The zero-order valence-electron chi connectivity index (χ0n) is 1.56. The Kier molecular flexibility index (Phi) is 296. The van der Waals surface area contributed by atoms with Crippen LogP contribution < -0.4 is 0 Å². The molecular weight excluding hydrogens is 184 g/mol. The molecule has 4 heavy (non-hydrogen) atoms. The van der Waals surface area contributed by atoms with E-state index in [1.165, 1.54) is 0 Å². The van der Waals surface area contributed by atoms with Gasteiger partial charge in [-0.2, -0.15) is 0 Å².